The summed E-state index contributed by atoms with van der Waals surface area (Å²) in [5.74, 6) is -0.995. The number of aromatic nitrogens is 5. The molecular formula is C26H19F3N8O. The number of fused-ring (bicyclic) bond motifs is 1. The Kier molecular flexibility index (Phi) is 6.42. The van der Waals surface area contributed by atoms with Crippen LogP contribution in [-0.4, -0.2) is 49.9 Å². The van der Waals surface area contributed by atoms with E-state index in [0.717, 1.165) is 5.56 Å². The topological polar surface area (TPSA) is 133 Å². The summed E-state index contributed by atoms with van der Waals surface area (Å²) in [4.78, 5) is 21.8. The van der Waals surface area contributed by atoms with Crippen LogP contribution >= 0.6 is 0 Å². The summed E-state index contributed by atoms with van der Waals surface area (Å²) in [6.45, 7) is 1.49. The van der Waals surface area contributed by atoms with Crippen LogP contribution in [0.3, 0.4) is 0 Å². The molecule has 190 valence electrons. The second-order valence-corrected chi connectivity index (χ2v) is 8.72. The van der Waals surface area contributed by atoms with Crippen molar-refractivity contribution in [3.8, 4) is 17.6 Å². The molecule has 4 aromatic rings. The third-order valence-electron chi connectivity index (χ3n) is 6.32. The number of amides is 1. The van der Waals surface area contributed by atoms with E-state index in [2.05, 4.69) is 35.9 Å². The molecule has 2 aromatic heterocycles. The molecule has 1 amide bonds. The molecule has 0 aliphatic carbocycles. The number of nitriles is 1. The number of hydrogen-bond donors (Lipinski definition) is 2. The molecule has 2 aromatic carbocycles. The lowest BCUT2D eigenvalue weighted by Gasteiger charge is -2.27. The molecule has 1 aliphatic rings. The van der Waals surface area contributed by atoms with Gasteiger partial charge < -0.3 is 5.32 Å². The molecule has 0 saturated carbocycles. The van der Waals surface area contributed by atoms with Gasteiger partial charge in [-0.15, -0.1) is 10.2 Å². The number of para-hydroxylation sites is 1. The molecule has 1 atom stereocenters. The highest BCUT2D eigenvalue weighted by molar-refractivity contribution is 6.13. The molecular weight excluding hydrogens is 497 g/mol. The van der Waals surface area contributed by atoms with Gasteiger partial charge in [-0.1, -0.05) is 30.3 Å². The molecule has 12 heteroatoms. The van der Waals surface area contributed by atoms with Crippen LogP contribution in [0.2, 0.25) is 0 Å². The van der Waals surface area contributed by atoms with E-state index in [1.807, 2.05) is 6.07 Å². The van der Waals surface area contributed by atoms with Gasteiger partial charge in [-0.05, 0) is 54.0 Å². The van der Waals surface area contributed by atoms with Crippen LogP contribution in [0.25, 0.3) is 22.4 Å². The van der Waals surface area contributed by atoms with Crippen molar-refractivity contribution in [1.82, 2.24) is 30.9 Å². The maximum absolute atomic E-state index is 14.0. The first kappa shape index (κ1) is 24.8. The van der Waals surface area contributed by atoms with Gasteiger partial charge in [-0.3, -0.25) is 9.79 Å². The Hall–Kier alpha value is -4.92. The Morgan fingerprint density at radius 1 is 1.18 bits per heavy atom. The molecule has 0 saturated heterocycles. The molecule has 38 heavy (non-hydrogen) atoms. The number of H-pyrrole nitrogens is 1. The Morgan fingerprint density at radius 2 is 1.95 bits per heavy atom. The van der Waals surface area contributed by atoms with Crippen LogP contribution < -0.4 is 5.32 Å². The molecule has 2 N–H and O–H groups in total. The third kappa shape index (κ3) is 4.86. The highest BCUT2D eigenvalue weighted by Gasteiger charge is 2.42. The Bertz CT molecular complexity index is 1620. The van der Waals surface area contributed by atoms with Gasteiger partial charge in [-0.25, -0.2) is 4.98 Å². The number of dihydropyridines is 1. The predicted molar refractivity (Wildman–Crippen MR) is 132 cm³/mol. The van der Waals surface area contributed by atoms with Crippen LogP contribution in [0.5, 0.6) is 0 Å². The molecule has 3 heterocycles. The first-order valence-electron chi connectivity index (χ1n) is 11.5. The number of pyridine rings is 1. The number of nitrogens with zero attached hydrogens (tertiary/aromatic N) is 6. The lowest BCUT2D eigenvalue weighted by atomic mass is 9.88. The second kappa shape index (κ2) is 9.85. The standard InChI is InChI=1S/C26H19F3N8O/c1-14-17(10-15-6-8-16(12-30)9-7-15)13-31-23(26(27,28)29)22(14)33-25(38)19-11-21(24-34-36-37-35-24)32-20-5-3-2-4-18(19)20/h2-9,11,17H,10,13H2,1H3,(H,33,38)(H,34,35,36,37). The fourth-order valence-electron chi connectivity index (χ4n) is 4.34. The van der Waals surface area contributed by atoms with Crippen molar-refractivity contribution in [2.24, 2.45) is 10.9 Å². The monoisotopic (exact) mass is 516 g/mol. The van der Waals surface area contributed by atoms with Gasteiger partial charge in [0.2, 0.25) is 5.82 Å². The number of halogens is 3. The van der Waals surface area contributed by atoms with Crippen molar-refractivity contribution in [3.63, 3.8) is 0 Å². The summed E-state index contributed by atoms with van der Waals surface area (Å²) in [7, 11) is 0. The second-order valence-electron chi connectivity index (χ2n) is 8.72. The smallest absolute Gasteiger partial charge is 0.320 e. The van der Waals surface area contributed by atoms with Crippen LogP contribution in [0.4, 0.5) is 13.2 Å². The minimum Gasteiger partial charge on any atom is -0.320 e. The van der Waals surface area contributed by atoms with Crippen LogP contribution in [0.1, 0.15) is 28.4 Å². The van der Waals surface area contributed by atoms with Crippen LogP contribution in [-0.2, 0) is 6.42 Å². The van der Waals surface area contributed by atoms with Gasteiger partial charge in [0.15, 0.2) is 5.71 Å². The number of aromatic amines is 1. The number of alkyl halides is 3. The summed E-state index contributed by atoms with van der Waals surface area (Å²) in [6.07, 6.45) is -4.37. The first-order valence-corrected chi connectivity index (χ1v) is 11.5. The average Bonchev–Trinajstić information content (AvgIpc) is 3.45. The van der Waals surface area contributed by atoms with Gasteiger partial charge in [0.1, 0.15) is 5.69 Å². The zero-order valence-electron chi connectivity index (χ0n) is 19.9. The lowest BCUT2D eigenvalue weighted by Crippen LogP contribution is -2.40. The largest absolute Gasteiger partial charge is 0.434 e. The highest BCUT2D eigenvalue weighted by atomic mass is 19.4. The predicted octanol–water partition coefficient (Wildman–Crippen LogP) is 4.17. The Labute approximate surface area is 214 Å². The van der Waals surface area contributed by atoms with Gasteiger partial charge in [-0.2, -0.15) is 23.6 Å². The highest BCUT2D eigenvalue weighted by Crippen LogP contribution is 2.32. The van der Waals surface area contributed by atoms with Crippen molar-refractivity contribution in [2.45, 2.75) is 19.5 Å². The zero-order chi connectivity index (χ0) is 26.9. The third-order valence-corrected chi connectivity index (χ3v) is 6.32. The van der Waals surface area contributed by atoms with Gasteiger partial charge >= 0.3 is 6.18 Å². The van der Waals surface area contributed by atoms with Gasteiger partial charge in [0, 0.05) is 17.8 Å². The maximum atomic E-state index is 14.0. The molecule has 5 rings (SSSR count). The fourth-order valence-corrected chi connectivity index (χ4v) is 4.34. The number of tetrazole rings is 1. The molecule has 0 spiro atoms. The zero-order valence-corrected chi connectivity index (χ0v) is 19.9. The van der Waals surface area contributed by atoms with E-state index in [1.54, 1.807) is 55.5 Å². The number of carbonyl (C=O) groups excluding carboxylic acids is 1. The van der Waals surface area contributed by atoms with Crippen molar-refractivity contribution in [2.75, 3.05) is 6.54 Å². The van der Waals surface area contributed by atoms with E-state index < -0.39 is 17.8 Å². The number of aliphatic imine (C=N–C) groups is 1. The van der Waals surface area contributed by atoms with E-state index in [1.165, 1.54) is 6.07 Å². The summed E-state index contributed by atoms with van der Waals surface area (Å²) >= 11 is 0. The number of carbonyl (C=O) groups is 1. The van der Waals surface area contributed by atoms with E-state index in [4.69, 9.17) is 5.26 Å². The lowest BCUT2D eigenvalue weighted by molar-refractivity contribution is -0.0589. The maximum Gasteiger partial charge on any atom is 0.434 e. The Morgan fingerprint density at radius 3 is 2.63 bits per heavy atom. The van der Waals surface area contributed by atoms with E-state index in [0.29, 0.717) is 28.5 Å². The first-order chi connectivity index (χ1) is 18.2. The van der Waals surface area contributed by atoms with Crippen molar-refractivity contribution in [1.29, 1.82) is 5.26 Å². The van der Waals surface area contributed by atoms with Crippen LogP contribution in [0.15, 0.2) is 70.9 Å². The van der Waals surface area contributed by atoms with E-state index >= 15 is 0 Å². The quantitative estimate of drug-likeness (QED) is 0.409. The minimum absolute atomic E-state index is 0.0831. The molecule has 0 bridgehead atoms. The Balaban J connectivity index is 1.52. The average molecular weight is 516 g/mol. The molecule has 9 nitrogen and oxygen atoms in total. The van der Waals surface area contributed by atoms with E-state index in [-0.39, 0.29) is 35.2 Å². The SMILES string of the molecule is CC1=C(NC(=O)c2cc(-c3nn[nH]n3)nc3ccccc23)C(C(F)(F)F)=NCC1Cc1ccc(C#N)cc1. The van der Waals surface area contributed by atoms with Gasteiger partial charge in [0.25, 0.3) is 5.91 Å². The summed E-state index contributed by atoms with van der Waals surface area (Å²) < 4.78 is 41.9. The normalized spacial score (nSPS) is 15.8. The van der Waals surface area contributed by atoms with Crippen molar-refractivity contribution in [3.05, 3.63) is 82.6 Å². The molecule has 1 unspecified atom stereocenters. The molecule has 0 radical (unpaired) electrons. The minimum atomic E-state index is -4.76. The van der Waals surface area contributed by atoms with E-state index in [9.17, 15) is 18.0 Å². The molecule has 1 aliphatic heterocycles. The fraction of sp³-hybridized carbons (Fsp3) is 0.192. The summed E-state index contributed by atoms with van der Waals surface area (Å²) in [5, 5.41) is 25.6. The molecule has 0 fully saturated rings. The number of allylic oxidation sites excluding steroid dienone is 1. The number of hydrogen-bond acceptors (Lipinski definition) is 7. The number of rotatable bonds is 5. The summed E-state index contributed by atoms with van der Waals surface area (Å²) in [6, 6.07) is 17.0. The summed E-state index contributed by atoms with van der Waals surface area (Å²) in [5.41, 5.74) is 0.978. The number of nitrogens with one attached hydrogen (secondary N) is 2. The van der Waals surface area contributed by atoms with Crippen LogP contribution in [0, 0.1) is 17.2 Å². The van der Waals surface area contributed by atoms with Gasteiger partial charge in [0.05, 0.1) is 28.4 Å². The van der Waals surface area contributed by atoms with Crippen molar-refractivity contribution >= 4 is 22.5 Å². The van der Waals surface area contributed by atoms with Crippen molar-refractivity contribution < 1.29 is 18.0 Å². The number of benzene rings is 2.